The summed E-state index contributed by atoms with van der Waals surface area (Å²) in [6.07, 6.45) is 1.80. The largest absolute Gasteiger partial charge is 0.342 e. The zero-order valence-electron chi connectivity index (χ0n) is 15.0. The summed E-state index contributed by atoms with van der Waals surface area (Å²) in [5.74, 6) is 0.779. The van der Waals surface area contributed by atoms with E-state index in [9.17, 15) is 12.8 Å². The minimum atomic E-state index is -3.70. The first kappa shape index (κ1) is 17.9. The molecule has 2 atom stereocenters. The predicted molar refractivity (Wildman–Crippen MR) is 101 cm³/mol. The van der Waals surface area contributed by atoms with Gasteiger partial charge in [-0.25, -0.2) is 22.9 Å². The molecule has 1 aliphatic carbocycles. The summed E-state index contributed by atoms with van der Waals surface area (Å²) in [6.45, 7) is 4.33. The first-order chi connectivity index (χ1) is 12.7. The quantitative estimate of drug-likeness (QED) is 0.716. The highest BCUT2D eigenvalue weighted by atomic mass is 32.2. The molecule has 1 heterocycles. The van der Waals surface area contributed by atoms with Crippen molar-refractivity contribution in [3.8, 4) is 11.4 Å². The van der Waals surface area contributed by atoms with Gasteiger partial charge < -0.3 is 4.98 Å². The first-order valence-corrected chi connectivity index (χ1v) is 10.2. The number of rotatable bonds is 4. The van der Waals surface area contributed by atoms with Crippen molar-refractivity contribution in [2.45, 2.75) is 30.6 Å². The maximum Gasteiger partial charge on any atom is 0.238 e. The third kappa shape index (κ3) is 3.17. The molecule has 140 valence electrons. The van der Waals surface area contributed by atoms with Gasteiger partial charge in [-0.3, -0.25) is 0 Å². The fraction of sp³-hybridized carbons (Fsp3) is 0.250. The van der Waals surface area contributed by atoms with Crippen molar-refractivity contribution >= 4 is 10.0 Å². The molecule has 0 bridgehead atoms. The average Bonchev–Trinajstić information content (AvgIpc) is 2.94. The van der Waals surface area contributed by atoms with Gasteiger partial charge in [0.15, 0.2) is 0 Å². The van der Waals surface area contributed by atoms with E-state index in [1.54, 1.807) is 24.4 Å². The molecular weight excluding hydrogens is 365 g/mol. The van der Waals surface area contributed by atoms with Crippen LogP contribution in [0.15, 0.2) is 59.6 Å². The van der Waals surface area contributed by atoms with E-state index >= 15 is 0 Å². The number of imidazole rings is 1. The Morgan fingerprint density at radius 2 is 1.81 bits per heavy atom. The van der Waals surface area contributed by atoms with Gasteiger partial charge in [0.25, 0.3) is 0 Å². The fourth-order valence-electron chi connectivity index (χ4n) is 3.98. The first-order valence-electron chi connectivity index (χ1n) is 8.61. The number of H-pyrrole nitrogens is 1. The number of primary sulfonamides is 1. The second-order valence-corrected chi connectivity index (χ2v) is 9.15. The lowest BCUT2D eigenvalue weighted by Crippen LogP contribution is -2.11. The Balaban J connectivity index is 1.62. The third-order valence-electron chi connectivity index (χ3n) is 5.42. The predicted octanol–water partition coefficient (Wildman–Crippen LogP) is 3.77. The van der Waals surface area contributed by atoms with Crippen molar-refractivity contribution < 1.29 is 12.8 Å². The van der Waals surface area contributed by atoms with Crippen LogP contribution in [0, 0.1) is 11.2 Å². The van der Waals surface area contributed by atoms with Crippen LogP contribution in [0.1, 0.15) is 36.9 Å². The van der Waals surface area contributed by atoms with E-state index in [1.165, 1.54) is 12.1 Å². The maximum atomic E-state index is 13.5. The number of benzene rings is 2. The van der Waals surface area contributed by atoms with Gasteiger partial charge in [0.05, 0.1) is 4.90 Å². The highest BCUT2D eigenvalue weighted by molar-refractivity contribution is 7.89. The van der Waals surface area contributed by atoms with Gasteiger partial charge in [0.2, 0.25) is 10.0 Å². The van der Waals surface area contributed by atoms with Gasteiger partial charge in [-0.05, 0) is 41.2 Å². The number of aromatic amines is 1. The van der Waals surface area contributed by atoms with Gasteiger partial charge >= 0.3 is 0 Å². The summed E-state index contributed by atoms with van der Waals surface area (Å²) in [7, 11) is -3.70. The van der Waals surface area contributed by atoms with Crippen molar-refractivity contribution in [1.29, 1.82) is 0 Å². The number of hydrogen-bond acceptors (Lipinski definition) is 3. The molecule has 7 heteroatoms. The number of nitrogens with zero attached hydrogens (tertiary/aromatic N) is 1. The number of halogens is 1. The fourth-order valence-corrected chi connectivity index (χ4v) is 4.50. The monoisotopic (exact) mass is 385 g/mol. The Hall–Kier alpha value is -2.51. The van der Waals surface area contributed by atoms with E-state index in [4.69, 9.17) is 5.14 Å². The number of hydrogen-bond donors (Lipinski definition) is 2. The van der Waals surface area contributed by atoms with Crippen LogP contribution in [-0.2, 0) is 10.0 Å². The van der Waals surface area contributed by atoms with Crippen molar-refractivity contribution in [1.82, 2.24) is 9.97 Å². The zero-order valence-corrected chi connectivity index (χ0v) is 15.8. The van der Waals surface area contributed by atoms with Crippen molar-refractivity contribution in [3.63, 3.8) is 0 Å². The summed E-state index contributed by atoms with van der Waals surface area (Å²) in [4.78, 5) is 7.83. The third-order valence-corrected chi connectivity index (χ3v) is 6.35. The highest BCUT2D eigenvalue weighted by Crippen LogP contribution is 2.69. The van der Waals surface area contributed by atoms with E-state index in [-0.39, 0.29) is 28.0 Å². The average molecular weight is 385 g/mol. The molecule has 0 spiro atoms. The highest BCUT2D eigenvalue weighted by Gasteiger charge is 2.59. The normalized spacial score (nSPS) is 21.2. The Morgan fingerprint density at radius 3 is 2.44 bits per heavy atom. The summed E-state index contributed by atoms with van der Waals surface area (Å²) in [5.41, 5.74) is 2.74. The lowest BCUT2D eigenvalue weighted by Gasteiger charge is -2.04. The van der Waals surface area contributed by atoms with Gasteiger partial charge in [-0.2, -0.15) is 0 Å². The number of sulfonamides is 1. The minimum absolute atomic E-state index is 0.00511. The van der Waals surface area contributed by atoms with Gasteiger partial charge in [0, 0.05) is 23.4 Å². The van der Waals surface area contributed by atoms with Gasteiger partial charge in [0.1, 0.15) is 11.6 Å². The maximum absolute atomic E-state index is 13.5. The van der Waals surface area contributed by atoms with Crippen molar-refractivity contribution in [2.75, 3.05) is 0 Å². The smallest absolute Gasteiger partial charge is 0.238 e. The Bertz CT molecular complexity index is 1100. The molecule has 27 heavy (non-hydrogen) atoms. The van der Waals surface area contributed by atoms with Crippen molar-refractivity contribution in [3.05, 3.63) is 71.8 Å². The number of aromatic nitrogens is 2. The second-order valence-electron chi connectivity index (χ2n) is 7.59. The molecule has 5 nitrogen and oxygen atoms in total. The molecule has 1 aromatic heterocycles. The topological polar surface area (TPSA) is 88.8 Å². The van der Waals surface area contributed by atoms with Crippen LogP contribution in [0.4, 0.5) is 4.39 Å². The van der Waals surface area contributed by atoms with E-state index in [1.807, 2.05) is 18.2 Å². The Morgan fingerprint density at radius 1 is 1.11 bits per heavy atom. The minimum Gasteiger partial charge on any atom is -0.342 e. The van der Waals surface area contributed by atoms with Crippen LogP contribution in [-0.4, -0.2) is 18.4 Å². The lowest BCUT2D eigenvalue weighted by atomic mass is 10.0. The molecule has 3 aromatic rings. The molecule has 0 amide bonds. The van der Waals surface area contributed by atoms with E-state index in [2.05, 4.69) is 23.8 Å². The van der Waals surface area contributed by atoms with E-state index in [0.29, 0.717) is 11.4 Å². The molecule has 0 aliphatic heterocycles. The van der Waals surface area contributed by atoms with E-state index in [0.717, 1.165) is 11.3 Å². The molecule has 1 fully saturated rings. The molecule has 0 saturated heterocycles. The molecule has 0 radical (unpaired) electrons. The molecule has 1 aliphatic rings. The van der Waals surface area contributed by atoms with E-state index < -0.39 is 10.0 Å². The zero-order chi connectivity index (χ0) is 19.4. The molecule has 2 aromatic carbocycles. The lowest BCUT2D eigenvalue weighted by molar-refractivity contribution is 0.596. The van der Waals surface area contributed by atoms with Crippen LogP contribution >= 0.6 is 0 Å². The number of nitrogens with two attached hydrogens (primary N) is 1. The van der Waals surface area contributed by atoms with Crippen molar-refractivity contribution in [2.24, 2.45) is 10.6 Å². The summed E-state index contributed by atoms with van der Waals surface area (Å²) < 4.78 is 36.3. The number of nitrogens with one attached hydrogen (secondary N) is 1. The van der Waals surface area contributed by atoms with Crippen LogP contribution in [0.5, 0.6) is 0 Å². The standard InChI is InChI=1S/C20H20FN3O2S/c1-20(2)17(12-6-8-15(9-7-12)27(22,25)26)18(20)16-11-23-19(24-16)13-4-3-5-14(21)10-13/h3-11,17-18H,1-2H3,(H,23,24)(H2,22,25,26)/t17-,18-/m0/s1. The molecule has 3 N–H and O–H groups in total. The summed E-state index contributed by atoms with van der Waals surface area (Å²) >= 11 is 0. The second kappa shape index (κ2) is 6.00. The van der Waals surface area contributed by atoms with Gasteiger partial charge in [-0.15, -0.1) is 0 Å². The molecular formula is C20H20FN3O2S. The van der Waals surface area contributed by atoms with Crippen LogP contribution < -0.4 is 5.14 Å². The summed E-state index contributed by atoms with van der Waals surface area (Å²) in [5, 5.41) is 5.17. The Labute approximate surface area is 157 Å². The summed E-state index contributed by atoms with van der Waals surface area (Å²) in [6, 6.07) is 13.0. The molecule has 0 unspecified atom stereocenters. The Kier molecular flexibility index (Phi) is 3.98. The SMILES string of the molecule is CC1(C)[C@@H](c2ccc(S(N)(=O)=O)cc2)[C@@H]1c1cnc(-c2cccc(F)c2)[nH]1. The molecule has 1 saturated carbocycles. The van der Waals surface area contributed by atoms with Crippen LogP contribution in [0.3, 0.4) is 0 Å². The molecule has 4 rings (SSSR count). The van der Waals surface area contributed by atoms with Crippen LogP contribution in [0.2, 0.25) is 0 Å². The van der Waals surface area contributed by atoms with Gasteiger partial charge in [-0.1, -0.05) is 38.1 Å². The van der Waals surface area contributed by atoms with Crippen LogP contribution in [0.25, 0.3) is 11.4 Å².